The van der Waals surface area contributed by atoms with Gasteiger partial charge in [0.1, 0.15) is 0 Å². The molecule has 3 rings (SSSR count). The number of amides is 1. The van der Waals surface area contributed by atoms with Crippen molar-refractivity contribution in [2.24, 2.45) is 5.92 Å². The molecule has 1 fully saturated rings. The van der Waals surface area contributed by atoms with Crippen molar-refractivity contribution in [1.29, 1.82) is 0 Å². The zero-order chi connectivity index (χ0) is 18.4. The maximum Gasteiger partial charge on any atom is 0.226 e. The Bertz CT molecular complexity index is 740. The highest BCUT2D eigenvalue weighted by molar-refractivity contribution is 5.79. The molecule has 0 atom stereocenters. The number of aryl methyl sites for hydroxylation is 1. The van der Waals surface area contributed by atoms with E-state index in [0.29, 0.717) is 19.0 Å². The number of aromatic nitrogens is 1. The van der Waals surface area contributed by atoms with Crippen LogP contribution >= 0.6 is 0 Å². The topological polar surface area (TPSA) is 25.2 Å². The molecular formula is C23H30N2O. The highest BCUT2D eigenvalue weighted by Crippen LogP contribution is 2.26. The van der Waals surface area contributed by atoms with Crippen LogP contribution in [0.25, 0.3) is 0 Å². The van der Waals surface area contributed by atoms with Crippen molar-refractivity contribution < 1.29 is 4.79 Å². The number of benzene rings is 1. The van der Waals surface area contributed by atoms with Crippen molar-refractivity contribution in [2.45, 2.75) is 52.1 Å². The highest BCUT2D eigenvalue weighted by atomic mass is 16.2. The summed E-state index contributed by atoms with van der Waals surface area (Å²) in [6.45, 7) is 8.12. The third-order valence-corrected chi connectivity index (χ3v) is 5.49. The quantitative estimate of drug-likeness (QED) is 0.649. The number of carbonyl (C=O) groups is 1. The first-order valence-corrected chi connectivity index (χ1v) is 9.77. The fourth-order valence-electron chi connectivity index (χ4n) is 3.91. The molecule has 26 heavy (non-hydrogen) atoms. The van der Waals surface area contributed by atoms with Gasteiger partial charge in [-0.25, -0.2) is 0 Å². The molecule has 1 saturated carbocycles. The van der Waals surface area contributed by atoms with E-state index < -0.39 is 0 Å². The Labute approximate surface area is 157 Å². The van der Waals surface area contributed by atoms with Crippen LogP contribution in [-0.2, 0) is 17.9 Å². The van der Waals surface area contributed by atoms with Crippen molar-refractivity contribution in [2.75, 3.05) is 6.54 Å². The molecule has 1 heterocycles. The molecule has 3 nitrogen and oxygen atoms in total. The van der Waals surface area contributed by atoms with Crippen LogP contribution in [0.2, 0.25) is 0 Å². The normalized spacial score (nSPS) is 15.0. The number of hydrogen-bond acceptors (Lipinski definition) is 1. The molecule has 0 saturated heterocycles. The van der Waals surface area contributed by atoms with Gasteiger partial charge in [-0.2, -0.15) is 0 Å². The summed E-state index contributed by atoms with van der Waals surface area (Å²) in [6.07, 6.45) is 9.66. The van der Waals surface area contributed by atoms with E-state index in [0.717, 1.165) is 19.4 Å². The van der Waals surface area contributed by atoms with Gasteiger partial charge in [0.15, 0.2) is 0 Å². The van der Waals surface area contributed by atoms with Gasteiger partial charge in [0.2, 0.25) is 5.91 Å². The second-order valence-corrected chi connectivity index (χ2v) is 7.40. The molecule has 138 valence electrons. The minimum Gasteiger partial charge on any atom is -0.345 e. The van der Waals surface area contributed by atoms with Crippen LogP contribution in [-0.4, -0.2) is 21.9 Å². The predicted octanol–water partition coefficient (Wildman–Crippen LogP) is 4.94. The maximum atomic E-state index is 13.0. The van der Waals surface area contributed by atoms with Gasteiger partial charge in [-0.3, -0.25) is 4.79 Å². The van der Waals surface area contributed by atoms with Crippen LogP contribution in [0.1, 0.15) is 48.9 Å². The first kappa shape index (κ1) is 18.5. The van der Waals surface area contributed by atoms with Crippen LogP contribution in [0, 0.1) is 12.8 Å². The predicted molar refractivity (Wildman–Crippen MR) is 107 cm³/mol. The van der Waals surface area contributed by atoms with Crippen LogP contribution < -0.4 is 0 Å². The fraction of sp³-hybridized carbons (Fsp3) is 0.435. The number of rotatable bonds is 7. The molecule has 0 N–H and O–H groups in total. The minimum absolute atomic E-state index is 0.198. The average molecular weight is 351 g/mol. The Morgan fingerprint density at radius 1 is 1.19 bits per heavy atom. The van der Waals surface area contributed by atoms with E-state index in [2.05, 4.69) is 60.7 Å². The standard InChI is InChI=1S/C23H30N2O/c1-3-15-25(23(26)20-11-5-4-6-12-20)18-22-14-9-16-24(22)17-21-13-8-7-10-19(21)2/h3,7-10,13-14,16,20H,1,4-6,11-12,15,17-18H2,2H3. The Balaban J connectivity index is 1.73. The molecule has 0 spiro atoms. The maximum absolute atomic E-state index is 13.0. The Kier molecular flexibility index (Phi) is 6.32. The number of nitrogens with zero attached hydrogens (tertiary/aromatic N) is 2. The smallest absolute Gasteiger partial charge is 0.226 e. The molecule has 0 radical (unpaired) electrons. The lowest BCUT2D eigenvalue weighted by atomic mass is 9.88. The van der Waals surface area contributed by atoms with Gasteiger partial charge in [0.05, 0.1) is 6.54 Å². The van der Waals surface area contributed by atoms with Gasteiger partial charge < -0.3 is 9.47 Å². The monoisotopic (exact) mass is 350 g/mol. The third kappa shape index (κ3) is 4.46. The van der Waals surface area contributed by atoms with Crippen LogP contribution in [0.4, 0.5) is 0 Å². The van der Waals surface area contributed by atoms with E-state index in [9.17, 15) is 4.79 Å². The molecule has 0 aliphatic heterocycles. The molecule has 1 aromatic carbocycles. The third-order valence-electron chi connectivity index (χ3n) is 5.49. The van der Waals surface area contributed by atoms with E-state index in [1.165, 1.54) is 36.1 Å². The summed E-state index contributed by atoms with van der Waals surface area (Å²) in [6, 6.07) is 12.7. The van der Waals surface area contributed by atoms with Crippen LogP contribution in [0.5, 0.6) is 0 Å². The Morgan fingerprint density at radius 3 is 2.69 bits per heavy atom. The van der Waals surface area contributed by atoms with Crippen molar-refractivity contribution in [1.82, 2.24) is 9.47 Å². The molecule has 1 aliphatic carbocycles. The molecule has 3 heteroatoms. The van der Waals surface area contributed by atoms with E-state index in [1.54, 1.807) is 0 Å². The second-order valence-electron chi connectivity index (χ2n) is 7.40. The van der Waals surface area contributed by atoms with Crippen molar-refractivity contribution in [3.05, 3.63) is 72.1 Å². The molecular weight excluding hydrogens is 320 g/mol. The lowest BCUT2D eigenvalue weighted by molar-refractivity contribution is -0.136. The Hall–Kier alpha value is -2.29. The van der Waals surface area contributed by atoms with Gasteiger partial charge >= 0.3 is 0 Å². The molecule has 1 amide bonds. The first-order valence-electron chi connectivity index (χ1n) is 9.77. The molecule has 0 bridgehead atoms. The molecule has 0 unspecified atom stereocenters. The van der Waals surface area contributed by atoms with Gasteiger partial charge in [-0.05, 0) is 43.0 Å². The zero-order valence-electron chi connectivity index (χ0n) is 15.9. The van der Waals surface area contributed by atoms with Gasteiger partial charge in [-0.1, -0.05) is 49.6 Å². The molecule has 2 aromatic rings. The Morgan fingerprint density at radius 2 is 1.96 bits per heavy atom. The average Bonchev–Trinajstić information content (AvgIpc) is 3.10. The summed E-state index contributed by atoms with van der Waals surface area (Å²) >= 11 is 0. The molecule has 1 aromatic heterocycles. The van der Waals surface area contributed by atoms with Gasteiger partial charge in [-0.15, -0.1) is 6.58 Å². The van der Waals surface area contributed by atoms with Crippen LogP contribution in [0.3, 0.4) is 0 Å². The lowest BCUT2D eigenvalue weighted by Crippen LogP contribution is -2.37. The van der Waals surface area contributed by atoms with Crippen molar-refractivity contribution in [3.8, 4) is 0 Å². The summed E-state index contributed by atoms with van der Waals surface area (Å²) < 4.78 is 2.26. The zero-order valence-corrected chi connectivity index (χ0v) is 15.9. The summed E-state index contributed by atoms with van der Waals surface area (Å²) in [5, 5.41) is 0. The molecule has 1 aliphatic rings. The SMILES string of the molecule is C=CCN(Cc1cccn1Cc1ccccc1C)C(=O)C1CCCCC1. The fourth-order valence-corrected chi connectivity index (χ4v) is 3.91. The lowest BCUT2D eigenvalue weighted by Gasteiger charge is -2.29. The summed E-state index contributed by atoms with van der Waals surface area (Å²) in [4.78, 5) is 15.0. The summed E-state index contributed by atoms with van der Waals surface area (Å²) in [5.41, 5.74) is 3.80. The van der Waals surface area contributed by atoms with E-state index in [4.69, 9.17) is 0 Å². The van der Waals surface area contributed by atoms with Gasteiger partial charge in [0, 0.05) is 30.9 Å². The van der Waals surface area contributed by atoms with Crippen molar-refractivity contribution in [3.63, 3.8) is 0 Å². The number of carbonyl (C=O) groups excluding carboxylic acids is 1. The minimum atomic E-state index is 0.198. The second kappa shape index (κ2) is 8.88. The first-order chi connectivity index (χ1) is 12.7. The van der Waals surface area contributed by atoms with Gasteiger partial charge in [0.25, 0.3) is 0 Å². The summed E-state index contributed by atoms with van der Waals surface area (Å²) in [7, 11) is 0. The van der Waals surface area contributed by atoms with E-state index in [-0.39, 0.29) is 5.92 Å². The highest BCUT2D eigenvalue weighted by Gasteiger charge is 2.26. The van der Waals surface area contributed by atoms with E-state index in [1.807, 2.05) is 11.0 Å². The van der Waals surface area contributed by atoms with E-state index >= 15 is 0 Å². The van der Waals surface area contributed by atoms with Crippen LogP contribution in [0.15, 0.2) is 55.3 Å². The largest absolute Gasteiger partial charge is 0.345 e. The number of hydrogen-bond donors (Lipinski definition) is 0. The van der Waals surface area contributed by atoms with Crippen molar-refractivity contribution >= 4 is 5.91 Å². The summed E-state index contributed by atoms with van der Waals surface area (Å²) in [5.74, 6) is 0.497.